The number of ether oxygens (including phenoxy) is 1. The van der Waals surface area contributed by atoms with Crippen LogP contribution in [0.25, 0.3) is 6.08 Å². The Morgan fingerprint density at radius 1 is 1.12 bits per heavy atom. The largest absolute Gasteiger partial charge is 0.504 e. The van der Waals surface area contributed by atoms with Crippen LogP contribution in [0.2, 0.25) is 0 Å². The predicted molar refractivity (Wildman–Crippen MR) is 96.3 cm³/mol. The lowest BCUT2D eigenvalue weighted by molar-refractivity contribution is 0.177. The van der Waals surface area contributed by atoms with Crippen molar-refractivity contribution in [2.45, 2.75) is 24.8 Å². The standard InChI is InChI=1S/C21H23NO2/c1-24-20-14-16(6-7-19(20)23)15-22-12-10-21(11-13-22)9-8-17-4-2-3-5-18(17)21/h2-9,14,23H,10-13,15H2,1H3. The van der Waals surface area contributed by atoms with Crippen molar-refractivity contribution in [1.82, 2.24) is 4.90 Å². The summed E-state index contributed by atoms with van der Waals surface area (Å²) in [6.45, 7) is 3.07. The van der Waals surface area contributed by atoms with Crippen LogP contribution in [0.5, 0.6) is 11.5 Å². The Morgan fingerprint density at radius 3 is 2.71 bits per heavy atom. The zero-order valence-corrected chi connectivity index (χ0v) is 14.0. The molecular formula is C21H23NO2. The van der Waals surface area contributed by atoms with Crippen molar-refractivity contribution in [3.8, 4) is 11.5 Å². The summed E-state index contributed by atoms with van der Waals surface area (Å²) in [5.74, 6) is 0.750. The van der Waals surface area contributed by atoms with E-state index in [-0.39, 0.29) is 11.2 Å². The van der Waals surface area contributed by atoms with E-state index in [1.54, 1.807) is 13.2 Å². The van der Waals surface area contributed by atoms with Gasteiger partial charge in [-0.25, -0.2) is 0 Å². The van der Waals surface area contributed by atoms with Crippen LogP contribution in [0, 0.1) is 0 Å². The number of aromatic hydroxyl groups is 1. The molecule has 0 aromatic heterocycles. The van der Waals surface area contributed by atoms with Gasteiger partial charge in [0.25, 0.3) is 0 Å². The van der Waals surface area contributed by atoms with E-state index in [9.17, 15) is 5.11 Å². The Kier molecular flexibility index (Phi) is 3.81. The molecule has 0 amide bonds. The summed E-state index contributed by atoms with van der Waals surface area (Å²) < 4.78 is 5.21. The second-order valence-electron chi connectivity index (χ2n) is 6.86. The normalized spacial score (nSPS) is 18.7. The molecule has 1 heterocycles. The Hall–Kier alpha value is -2.26. The molecule has 0 bridgehead atoms. The van der Waals surface area contributed by atoms with E-state index < -0.39 is 0 Å². The molecule has 124 valence electrons. The summed E-state index contributed by atoms with van der Waals surface area (Å²) in [6.07, 6.45) is 7.03. The number of benzene rings is 2. The van der Waals surface area contributed by atoms with Crippen LogP contribution in [-0.4, -0.2) is 30.2 Å². The lowest BCUT2D eigenvalue weighted by Gasteiger charge is -2.39. The number of phenolic OH excluding ortho intramolecular Hbond substituents is 1. The van der Waals surface area contributed by atoms with Gasteiger partial charge in [-0.15, -0.1) is 0 Å². The topological polar surface area (TPSA) is 32.7 Å². The van der Waals surface area contributed by atoms with Crippen LogP contribution in [0.3, 0.4) is 0 Å². The Morgan fingerprint density at radius 2 is 1.92 bits per heavy atom. The first-order valence-corrected chi connectivity index (χ1v) is 8.57. The van der Waals surface area contributed by atoms with E-state index >= 15 is 0 Å². The summed E-state index contributed by atoms with van der Waals surface area (Å²) >= 11 is 0. The smallest absolute Gasteiger partial charge is 0.160 e. The number of hydrogen-bond donors (Lipinski definition) is 1. The van der Waals surface area contributed by atoms with Gasteiger partial charge >= 0.3 is 0 Å². The van der Waals surface area contributed by atoms with Crippen molar-refractivity contribution in [3.63, 3.8) is 0 Å². The van der Waals surface area contributed by atoms with E-state index in [2.05, 4.69) is 41.3 Å². The van der Waals surface area contributed by atoms with Gasteiger partial charge < -0.3 is 9.84 Å². The van der Waals surface area contributed by atoms with Gasteiger partial charge in [0.1, 0.15) is 0 Å². The highest BCUT2D eigenvalue weighted by Crippen LogP contribution is 2.43. The number of nitrogens with zero attached hydrogens (tertiary/aromatic N) is 1. The van der Waals surface area contributed by atoms with E-state index in [0.717, 1.165) is 32.5 Å². The van der Waals surface area contributed by atoms with Gasteiger partial charge in [-0.1, -0.05) is 42.5 Å². The third-order valence-electron chi connectivity index (χ3n) is 5.48. The van der Waals surface area contributed by atoms with Crippen molar-refractivity contribution in [2.75, 3.05) is 20.2 Å². The van der Waals surface area contributed by atoms with E-state index in [4.69, 9.17) is 4.74 Å². The predicted octanol–water partition coefficient (Wildman–Crippen LogP) is 3.96. The second-order valence-corrected chi connectivity index (χ2v) is 6.86. The van der Waals surface area contributed by atoms with Crippen LogP contribution >= 0.6 is 0 Å². The van der Waals surface area contributed by atoms with Crippen molar-refractivity contribution in [3.05, 3.63) is 65.2 Å². The summed E-state index contributed by atoms with van der Waals surface area (Å²) in [4.78, 5) is 2.49. The van der Waals surface area contributed by atoms with Crippen LogP contribution in [0.1, 0.15) is 29.5 Å². The molecular weight excluding hydrogens is 298 g/mol. The molecule has 2 aliphatic rings. The number of hydrogen-bond acceptors (Lipinski definition) is 3. The average molecular weight is 321 g/mol. The molecule has 1 aliphatic carbocycles. The molecule has 0 radical (unpaired) electrons. The Labute approximate surface area is 143 Å². The lowest BCUT2D eigenvalue weighted by atomic mass is 9.74. The highest BCUT2D eigenvalue weighted by Gasteiger charge is 2.37. The van der Waals surface area contributed by atoms with Gasteiger partial charge in [-0.3, -0.25) is 4.90 Å². The van der Waals surface area contributed by atoms with Gasteiger partial charge in [0.2, 0.25) is 0 Å². The quantitative estimate of drug-likeness (QED) is 0.929. The van der Waals surface area contributed by atoms with Gasteiger partial charge in [0.05, 0.1) is 7.11 Å². The van der Waals surface area contributed by atoms with Crippen molar-refractivity contribution in [1.29, 1.82) is 0 Å². The molecule has 1 fully saturated rings. The second kappa shape index (κ2) is 5.99. The molecule has 3 heteroatoms. The minimum Gasteiger partial charge on any atom is -0.504 e. The van der Waals surface area contributed by atoms with Crippen molar-refractivity contribution >= 4 is 6.08 Å². The average Bonchev–Trinajstić information content (AvgIpc) is 2.98. The molecule has 0 saturated carbocycles. The number of methoxy groups -OCH3 is 1. The van der Waals surface area contributed by atoms with Crippen LogP contribution < -0.4 is 4.74 Å². The monoisotopic (exact) mass is 321 g/mol. The fourth-order valence-corrected chi connectivity index (χ4v) is 4.06. The summed E-state index contributed by atoms with van der Waals surface area (Å²) in [5, 5.41) is 9.73. The SMILES string of the molecule is COc1cc(CN2CCC3(C=Cc4ccccc43)CC2)ccc1O. The number of rotatable bonds is 3. The first-order chi connectivity index (χ1) is 11.7. The molecule has 1 aliphatic heterocycles. The number of fused-ring (bicyclic) bond motifs is 2. The fourth-order valence-electron chi connectivity index (χ4n) is 4.06. The van der Waals surface area contributed by atoms with Crippen LogP contribution in [0.4, 0.5) is 0 Å². The van der Waals surface area contributed by atoms with Crippen molar-refractivity contribution < 1.29 is 9.84 Å². The molecule has 1 N–H and O–H groups in total. The third kappa shape index (κ3) is 2.59. The van der Waals surface area contributed by atoms with Gasteiger partial charge in [0.15, 0.2) is 11.5 Å². The molecule has 1 saturated heterocycles. The summed E-state index contributed by atoms with van der Waals surface area (Å²) in [6, 6.07) is 14.4. The first-order valence-electron chi connectivity index (χ1n) is 8.57. The van der Waals surface area contributed by atoms with E-state index in [1.807, 2.05) is 12.1 Å². The maximum absolute atomic E-state index is 9.73. The molecule has 24 heavy (non-hydrogen) atoms. The molecule has 2 aromatic rings. The van der Waals surface area contributed by atoms with Gasteiger partial charge in [-0.2, -0.15) is 0 Å². The highest BCUT2D eigenvalue weighted by molar-refractivity contribution is 5.65. The molecule has 2 aromatic carbocycles. The van der Waals surface area contributed by atoms with Gasteiger partial charge in [0, 0.05) is 12.0 Å². The number of likely N-dealkylation sites (tertiary alicyclic amines) is 1. The zero-order chi connectivity index (χ0) is 16.6. The molecule has 1 spiro atoms. The summed E-state index contributed by atoms with van der Waals surface area (Å²) in [5.41, 5.74) is 4.30. The minimum absolute atomic E-state index is 0.201. The van der Waals surface area contributed by atoms with Crippen LogP contribution in [-0.2, 0) is 12.0 Å². The summed E-state index contributed by atoms with van der Waals surface area (Å²) in [7, 11) is 1.59. The Balaban J connectivity index is 1.45. The number of phenols is 1. The third-order valence-corrected chi connectivity index (χ3v) is 5.48. The maximum atomic E-state index is 9.73. The molecule has 3 nitrogen and oxygen atoms in total. The number of piperidine rings is 1. The fraction of sp³-hybridized carbons (Fsp3) is 0.333. The molecule has 4 rings (SSSR count). The minimum atomic E-state index is 0.201. The van der Waals surface area contributed by atoms with Crippen molar-refractivity contribution in [2.24, 2.45) is 0 Å². The zero-order valence-electron chi connectivity index (χ0n) is 14.0. The highest BCUT2D eigenvalue weighted by atomic mass is 16.5. The van der Waals surface area contributed by atoms with Gasteiger partial charge in [-0.05, 0) is 54.8 Å². The van der Waals surface area contributed by atoms with Crippen LogP contribution in [0.15, 0.2) is 48.5 Å². The maximum Gasteiger partial charge on any atom is 0.160 e. The molecule has 0 unspecified atom stereocenters. The Bertz CT molecular complexity index is 773. The van der Waals surface area contributed by atoms with E-state index in [1.165, 1.54) is 16.7 Å². The van der Waals surface area contributed by atoms with E-state index in [0.29, 0.717) is 5.75 Å². The molecule has 0 atom stereocenters. The number of allylic oxidation sites excluding steroid dienone is 1. The lowest BCUT2D eigenvalue weighted by Crippen LogP contribution is -2.40. The first kappa shape index (κ1) is 15.3.